The SMILES string of the molecule is CC(C)Sc1nnc(NC(=O)c2ccc(-c3ccccc3)cc2)s1. The van der Waals surface area contributed by atoms with Gasteiger partial charge < -0.3 is 0 Å². The van der Waals surface area contributed by atoms with Crippen LogP contribution in [0.5, 0.6) is 0 Å². The third-order valence-electron chi connectivity index (χ3n) is 3.22. The summed E-state index contributed by atoms with van der Waals surface area (Å²) >= 11 is 3.03. The number of thioether (sulfide) groups is 1. The maximum absolute atomic E-state index is 12.3. The Hall–Kier alpha value is -2.18. The van der Waals surface area contributed by atoms with E-state index < -0.39 is 0 Å². The van der Waals surface area contributed by atoms with Crippen LogP contribution in [-0.2, 0) is 0 Å². The first-order valence-electron chi connectivity index (χ1n) is 7.59. The number of hydrogen-bond acceptors (Lipinski definition) is 5. The molecule has 0 spiro atoms. The molecule has 2 aromatic carbocycles. The smallest absolute Gasteiger partial charge is 0.257 e. The first kappa shape index (κ1) is 16.7. The molecule has 24 heavy (non-hydrogen) atoms. The third-order valence-corrected chi connectivity index (χ3v) is 5.14. The predicted molar refractivity (Wildman–Crippen MR) is 101 cm³/mol. The Morgan fingerprint density at radius 2 is 1.67 bits per heavy atom. The molecule has 6 heteroatoms. The van der Waals surface area contributed by atoms with Crippen LogP contribution in [0.1, 0.15) is 24.2 Å². The van der Waals surface area contributed by atoms with Gasteiger partial charge in [-0.25, -0.2) is 0 Å². The molecule has 3 aromatic rings. The maximum atomic E-state index is 12.3. The fourth-order valence-electron chi connectivity index (χ4n) is 2.12. The standard InChI is InChI=1S/C18H17N3OS2/c1-12(2)23-18-21-20-17(24-18)19-16(22)15-10-8-14(9-11-15)13-6-4-3-5-7-13/h3-12H,1-2H3,(H,19,20,22). The maximum Gasteiger partial charge on any atom is 0.257 e. The van der Waals surface area contributed by atoms with E-state index in [-0.39, 0.29) is 5.91 Å². The predicted octanol–water partition coefficient (Wildman–Crippen LogP) is 4.96. The molecule has 1 heterocycles. The lowest BCUT2D eigenvalue weighted by atomic mass is 10.0. The molecule has 0 radical (unpaired) electrons. The Bertz CT molecular complexity index is 814. The minimum Gasteiger partial charge on any atom is -0.296 e. The number of amides is 1. The van der Waals surface area contributed by atoms with Gasteiger partial charge in [-0.3, -0.25) is 10.1 Å². The summed E-state index contributed by atoms with van der Waals surface area (Å²) in [7, 11) is 0. The minimum absolute atomic E-state index is 0.174. The summed E-state index contributed by atoms with van der Waals surface area (Å²) in [5.74, 6) is -0.174. The topological polar surface area (TPSA) is 54.9 Å². The normalized spacial score (nSPS) is 10.8. The number of rotatable bonds is 5. The number of anilines is 1. The van der Waals surface area contributed by atoms with Gasteiger partial charge in [0.1, 0.15) is 0 Å². The summed E-state index contributed by atoms with van der Waals surface area (Å²) in [6, 6.07) is 17.6. The van der Waals surface area contributed by atoms with Crippen molar-refractivity contribution in [3.63, 3.8) is 0 Å². The Balaban J connectivity index is 1.68. The van der Waals surface area contributed by atoms with E-state index in [2.05, 4.69) is 29.4 Å². The average molecular weight is 355 g/mol. The molecule has 0 aliphatic heterocycles. The summed E-state index contributed by atoms with van der Waals surface area (Å²) in [5, 5.41) is 11.9. The van der Waals surface area contributed by atoms with Crippen molar-refractivity contribution in [1.82, 2.24) is 10.2 Å². The highest BCUT2D eigenvalue weighted by Crippen LogP contribution is 2.28. The number of benzene rings is 2. The number of nitrogens with one attached hydrogen (secondary N) is 1. The first-order valence-corrected chi connectivity index (χ1v) is 9.28. The molecule has 0 atom stereocenters. The molecule has 0 bridgehead atoms. The molecule has 4 nitrogen and oxygen atoms in total. The van der Waals surface area contributed by atoms with Gasteiger partial charge in [0.15, 0.2) is 4.34 Å². The second kappa shape index (κ2) is 7.59. The van der Waals surface area contributed by atoms with Crippen molar-refractivity contribution in [2.75, 3.05) is 5.32 Å². The monoisotopic (exact) mass is 355 g/mol. The highest BCUT2D eigenvalue weighted by molar-refractivity contribution is 8.01. The first-order chi connectivity index (χ1) is 11.6. The molecule has 0 unspecified atom stereocenters. The van der Waals surface area contributed by atoms with Gasteiger partial charge in [0, 0.05) is 10.8 Å². The molecule has 3 rings (SSSR count). The number of carbonyl (C=O) groups excluding carboxylic acids is 1. The van der Waals surface area contributed by atoms with E-state index in [1.165, 1.54) is 11.3 Å². The van der Waals surface area contributed by atoms with Gasteiger partial charge in [-0.15, -0.1) is 10.2 Å². The van der Waals surface area contributed by atoms with Crippen LogP contribution in [0.25, 0.3) is 11.1 Å². The average Bonchev–Trinajstić information content (AvgIpc) is 3.02. The fourth-order valence-corrected chi connectivity index (χ4v) is 4.09. The molecule has 0 saturated heterocycles. The van der Waals surface area contributed by atoms with Crippen LogP contribution in [0.3, 0.4) is 0 Å². The third kappa shape index (κ3) is 4.21. The lowest BCUT2D eigenvalue weighted by Crippen LogP contribution is -2.11. The highest BCUT2D eigenvalue weighted by Gasteiger charge is 2.11. The molecule has 1 N–H and O–H groups in total. The number of aromatic nitrogens is 2. The van der Waals surface area contributed by atoms with Gasteiger partial charge in [0.05, 0.1) is 0 Å². The van der Waals surface area contributed by atoms with E-state index in [1.807, 2.05) is 54.6 Å². The molecule has 122 valence electrons. The zero-order chi connectivity index (χ0) is 16.9. The van der Waals surface area contributed by atoms with E-state index in [9.17, 15) is 4.79 Å². The van der Waals surface area contributed by atoms with Crippen LogP contribution >= 0.6 is 23.1 Å². The highest BCUT2D eigenvalue weighted by atomic mass is 32.2. The van der Waals surface area contributed by atoms with Crippen LogP contribution in [0.4, 0.5) is 5.13 Å². The van der Waals surface area contributed by atoms with Crippen LogP contribution in [0.2, 0.25) is 0 Å². The van der Waals surface area contributed by atoms with Crippen molar-refractivity contribution in [2.45, 2.75) is 23.4 Å². The zero-order valence-corrected chi connectivity index (χ0v) is 15.0. The van der Waals surface area contributed by atoms with E-state index in [1.54, 1.807) is 11.8 Å². The Morgan fingerprint density at radius 1 is 1.00 bits per heavy atom. The number of carbonyl (C=O) groups is 1. The second-order valence-corrected chi connectivity index (χ2v) is 8.24. The Morgan fingerprint density at radius 3 is 2.33 bits per heavy atom. The van der Waals surface area contributed by atoms with Crippen molar-refractivity contribution in [3.8, 4) is 11.1 Å². The van der Waals surface area contributed by atoms with Gasteiger partial charge in [-0.05, 0) is 23.3 Å². The summed E-state index contributed by atoms with van der Waals surface area (Å²) in [6.07, 6.45) is 0. The summed E-state index contributed by atoms with van der Waals surface area (Å²) in [4.78, 5) is 12.3. The molecular formula is C18H17N3OS2. The van der Waals surface area contributed by atoms with Crippen LogP contribution < -0.4 is 5.32 Å². The molecule has 0 aliphatic rings. The number of nitrogens with zero attached hydrogens (tertiary/aromatic N) is 2. The van der Waals surface area contributed by atoms with Gasteiger partial charge in [0.2, 0.25) is 5.13 Å². The Labute approximate surface area is 149 Å². The second-order valence-electron chi connectivity index (χ2n) is 5.44. The van der Waals surface area contributed by atoms with E-state index in [4.69, 9.17) is 0 Å². The van der Waals surface area contributed by atoms with Gasteiger partial charge in [0.25, 0.3) is 5.91 Å². The van der Waals surface area contributed by atoms with Crippen LogP contribution in [0, 0.1) is 0 Å². The van der Waals surface area contributed by atoms with Gasteiger partial charge in [-0.2, -0.15) is 0 Å². The molecule has 0 saturated carbocycles. The number of hydrogen-bond donors (Lipinski definition) is 1. The lowest BCUT2D eigenvalue weighted by Gasteiger charge is -2.04. The Kier molecular flexibility index (Phi) is 5.27. The molecule has 1 amide bonds. The quantitative estimate of drug-likeness (QED) is 0.519. The van der Waals surface area contributed by atoms with E-state index >= 15 is 0 Å². The molecule has 1 aromatic heterocycles. The van der Waals surface area contributed by atoms with Gasteiger partial charge in [-0.1, -0.05) is 79.4 Å². The van der Waals surface area contributed by atoms with Crippen molar-refractivity contribution in [2.24, 2.45) is 0 Å². The zero-order valence-electron chi connectivity index (χ0n) is 13.4. The van der Waals surface area contributed by atoms with E-state index in [0.717, 1.165) is 15.5 Å². The summed E-state index contributed by atoms with van der Waals surface area (Å²) < 4.78 is 0.861. The molecule has 0 fully saturated rings. The van der Waals surface area contributed by atoms with Crippen molar-refractivity contribution < 1.29 is 4.79 Å². The van der Waals surface area contributed by atoms with Crippen molar-refractivity contribution in [1.29, 1.82) is 0 Å². The lowest BCUT2D eigenvalue weighted by molar-refractivity contribution is 0.102. The van der Waals surface area contributed by atoms with Crippen molar-refractivity contribution >= 4 is 34.1 Å². The summed E-state index contributed by atoms with van der Waals surface area (Å²) in [5.41, 5.74) is 2.81. The van der Waals surface area contributed by atoms with E-state index in [0.29, 0.717) is 15.9 Å². The van der Waals surface area contributed by atoms with Crippen LogP contribution in [0.15, 0.2) is 58.9 Å². The molecular weight excluding hydrogens is 338 g/mol. The summed E-state index contributed by atoms with van der Waals surface area (Å²) in [6.45, 7) is 4.19. The molecule has 0 aliphatic carbocycles. The fraction of sp³-hybridized carbons (Fsp3) is 0.167. The minimum atomic E-state index is -0.174. The van der Waals surface area contributed by atoms with Gasteiger partial charge >= 0.3 is 0 Å². The van der Waals surface area contributed by atoms with Crippen molar-refractivity contribution in [3.05, 3.63) is 60.2 Å². The van der Waals surface area contributed by atoms with Crippen LogP contribution in [-0.4, -0.2) is 21.4 Å². The largest absolute Gasteiger partial charge is 0.296 e.